The number of aryl methyl sites for hydroxylation is 2. The fraction of sp³-hybridized carbons (Fsp3) is 0.417. The lowest BCUT2D eigenvalue weighted by atomic mass is 9.90. The Bertz CT molecular complexity index is 1530. The van der Waals surface area contributed by atoms with Crippen molar-refractivity contribution >= 4 is 22.2 Å². The first-order valence-electron chi connectivity index (χ1n) is 15.4. The second-order valence-electron chi connectivity index (χ2n) is 11.7. The number of piperazine rings is 1. The largest absolute Gasteiger partial charge is 0.369 e. The van der Waals surface area contributed by atoms with E-state index in [4.69, 9.17) is 9.97 Å². The molecule has 1 aliphatic rings. The molecule has 0 radical (unpaired) electrons. The van der Waals surface area contributed by atoms with E-state index in [1.54, 1.807) is 6.33 Å². The number of hydrogen-bond donors (Lipinski definition) is 1. The highest BCUT2D eigenvalue weighted by Gasteiger charge is 2.18. The molecule has 1 aliphatic heterocycles. The number of fused-ring (bicyclic) bond motifs is 1. The summed E-state index contributed by atoms with van der Waals surface area (Å²) in [6.45, 7) is 19.8. The number of anilines is 1. The van der Waals surface area contributed by atoms with E-state index in [-0.39, 0.29) is 0 Å². The van der Waals surface area contributed by atoms with Crippen molar-refractivity contribution in [1.82, 2.24) is 20.3 Å². The van der Waals surface area contributed by atoms with Crippen molar-refractivity contribution in [3.8, 4) is 11.1 Å². The van der Waals surface area contributed by atoms with Crippen LogP contribution in [0, 0.1) is 26.7 Å². The predicted octanol–water partition coefficient (Wildman–Crippen LogP) is 7.85. The normalized spacial score (nSPS) is 13.8. The first-order valence-corrected chi connectivity index (χ1v) is 15.4. The molecule has 1 N–H and O–H groups in total. The summed E-state index contributed by atoms with van der Waals surface area (Å²) in [4.78, 5) is 16.7. The maximum absolute atomic E-state index is 4.85. The number of nitrogens with one attached hydrogen (secondary N) is 1. The predicted molar refractivity (Wildman–Crippen MR) is 174 cm³/mol. The van der Waals surface area contributed by atoms with Gasteiger partial charge < -0.3 is 10.2 Å². The Morgan fingerprint density at radius 2 is 1.68 bits per heavy atom. The number of benzene rings is 2. The highest BCUT2D eigenvalue weighted by atomic mass is 15.2. The standard InChI is InChI=1S/C36H45N5/c1-7-9-28(10-8-2)18-35-33-19-29(11-12-34(33)39-23-40-35)26(5)32-20-31(22-38-27(32)6)30-17-24(3)25(4)36(21-30)41-15-13-37-14-16-41/h11-12,17,19-23,28,37H,5,7-10,13-16,18H2,1-4,6H3. The van der Waals surface area contributed by atoms with E-state index >= 15 is 0 Å². The molecule has 0 atom stereocenters. The molecule has 0 unspecified atom stereocenters. The van der Waals surface area contributed by atoms with Crippen molar-refractivity contribution in [3.05, 3.63) is 89.1 Å². The molecule has 4 aromatic rings. The SMILES string of the molecule is C=C(c1ccc2ncnc(CC(CCC)CCC)c2c1)c1cc(-c2cc(C)c(C)c(N3CCNCC3)c2)cnc1C. The summed E-state index contributed by atoms with van der Waals surface area (Å²) in [5.41, 5.74) is 12.6. The molecule has 2 aromatic carbocycles. The van der Waals surface area contributed by atoms with Crippen LogP contribution in [0.25, 0.3) is 27.6 Å². The van der Waals surface area contributed by atoms with Crippen LogP contribution < -0.4 is 10.2 Å². The molecule has 0 bridgehead atoms. The van der Waals surface area contributed by atoms with E-state index in [2.05, 4.69) is 92.8 Å². The third-order valence-electron chi connectivity index (χ3n) is 8.79. The van der Waals surface area contributed by atoms with Crippen LogP contribution in [0.1, 0.15) is 73.2 Å². The van der Waals surface area contributed by atoms with Crippen molar-refractivity contribution in [1.29, 1.82) is 0 Å². The van der Waals surface area contributed by atoms with Gasteiger partial charge in [0.05, 0.1) is 11.2 Å². The van der Waals surface area contributed by atoms with Crippen LogP contribution in [0.3, 0.4) is 0 Å². The van der Waals surface area contributed by atoms with Gasteiger partial charge in [0, 0.05) is 60.3 Å². The van der Waals surface area contributed by atoms with Crippen LogP contribution >= 0.6 is 0 Å². The van der Waals surface area contributed by atoms with Gasteiger partial charge in [0.15, 0.2) is 0 Å². The van der Waals surface area contributed by atoms with Gasteiger partial charge in [-0.2, -0.15) is 0 Å². The second-order valence-corrected chi connectivity index (χ2v) is 11.7. The lowest BCUT2D eigenvalue weighted by Gasteiger charge is -2.31. The lowest BCUT2D eigenvalue weighted by Crippen LogP contribution is -2.43. The van der Waals surface area contributed by atoms with Crippen LogP contribution in [0.15, 0.2) is 55.5 Å². The number of hydrogen-bond acceptors (Lipinski definition) is 5. The van der Waals surface area contributed by atoms with Gasteiger partial charge in [-0.1, -0.05) is 58.2 Å². The molecule has 3 heterocycles. The van der Waals surface area contributed by atoms with Gasteiger partial charge in [-0.15, -0.1) is 0 Å². The van der Waals surface area contributed by atoms with Crippen molar-refractivity contribution in [2.45, 2.75) is 66.7 Å². The molecule has 214 valence electrons. The Balaban J connectivity index is 1.50. The third kappa shape index (κ3) is 6.36. The molecule has 0 saturated carbocycles. The zero-order valence-electron chi connectivity index (χ0n) is 25.6. The molecule has 5 rings (SSSR count). The summed E-state index contributed by atoms with van der Waals surface area (Å²) in [6, 6.07) is 13.4. The summed E-state index contributed by atoms with van der Waals surface area (Å²) in [7, 11) is 0. The van der Waals surface area contributed by atoms with Gasteiger partial charge in [0.1, 0.15) is 6.33 Å². The van der Waals surface area contributed by atoms with Crippen molar-refractivity contribution in [3.63, 3.8) is 0 Å². The maximum Gasteiger partial charge on any atom is 0.116 e. The van der Waals surface area contributed by atoms with Gasteiger partial charge >= 0.3 is 0 Å². The van der Waals surface area contributed by atoms with Gasteiger partial charge in [0.2, 0.25) is 0 Å². The highest BCUT2D eigenvalue weighted by Crippen LogP contribution is 2.34. The van der Waals surface area contributed by atoms with Gasteiger partial charge in [-0.3, -0.25) is 4.98 Å². The molecule has 2 aromatic heterocycles. The van der Waals surface area contributed by atoms with Gasteiger partial charge in [-0.25, -0.2) is 9.97 Å². The van der Waals surface area contributed by atoms with E-state index in [0.717, 1.165) is 77.2 Å². The zero-order valence-corrected chi connectivity index (χ0v) is 25.6. The van der Waals surface area contributed by atoms with Crippen molar-refractivity contribution in [2.75, 3.05) is 31.1 Å². The third-order valence-corrected chi connectivity index (χ3v) is 8.79. The second kappa shape index (κ2) is 12.9. The Hall–Kier alpha value is -3.57. The van der Waals surface area contributed by atoms with Crippen LogP contribution in [0.5, 0.6) is 0 Å². The first-order chi connectivity index (χ1) is 19.9. The Morgan fingerprint density at radius 3 is 2.41 bits per heavy atom. The molecule has 1 saturated heterocycles. The van der Waals surface area contributed by atoms with Crippen LogP contribution in [-0.2, 0) is 6.42 Å². The van der Waals surface area contributed by atoms with Crippen molar-refractivity contribution in [2.24, 2.45) is 5.92 Å². The summed E-state index contributed by atoms with van der Waals surface area (Å²) < 4.78 is 0. The number of nitrogens with zero attached hydrogens (tertiary/aromatic N) is 4. The van der Waals surface area contributed by atoms with E-state index in [1.165, 1.54) is 48.1 Å². The van der Waals surface area contributed by atoms with Crippen LogP contribution in [-0.4, -0.2) is 41.1 Å². The van der Waals surface area contributed by atoms with E-state index < -0.39 is 0 Å². The molecule has 0 spiro atoms. The van der Waals surface area contributed by atoms with E-state index in [1.807, 2.05) is 6.20 Å². The van der Waals surface area contributed by atoms with Gasteiger partial charge in [0.25, 0.3) is 0 Å². The molecule has 0 aliphatic carbocycles. The average Bonchev–Trinajstić information content (AvgIpc) is 2.99. The van der Waals surface area contributed by atoms with E-state index in [0.29, 0.717) is 5.92 Å². The molecule has 1 fully saturated rings. The van der Waals surface area contributed by atoms with Crippen LogP contribution in [0.2, 0.25) is 0 Å². The van der Waals surface area contributed by atoms with E-state index in [9.17, 15) is 0 Å². The Morgan fingerprint density at radius 1 is 0.927 bits per heavy atom. The lowest BCUT2D eigenvalue weighted by molar-refractivity contribution is 0.435. The minimum atomic E-state index is 0.655. The fourth-order valence-electron chi connectivity index (χ4n) is 6.29. The average molecular weight is 548 g/mol. The summed E-state index contributed by atoms with van der Waals surface area (Å²) in [5.74, 6) is 0.655. The number of rotatable bonds is 10. The fourth-order valence-corrected chi connectivity index (χ4v) is 6.29. The minimum absolute atomic E-state index is 0.655. The summed E-state index contributed by atoms with van der Waals surface area (Å²) in [5, 5.41) is 4.61. The van der Waals surface area contributed by atoms with Crippen LogP contribution in [0.4, 0.5) is 5.69 Å². The monoisotopic (exact) mass is 547 g/mol. The molecular weight excluding hydrogens is 502 g/mol. The first kappa shape index (κ1) is 28.9. The van der Waals surface area contributed by atoms with Crippen molar-refractivity contribution < 1.29 is 0 Å². The quantitative estimate of drug-likeness (QED) is 0.219. The molecule has 41 heavy (non-hydrogen) atoms. The Kier molecular flexibility index (Phi) is 9.14. The zero-order chi connectivity index (χ0) is 28.9. The smallest absolute Gasteiger partial charge is 0.116 e. The number of aromatic nitrogens is 3. The number of pyridine rings is 1. The molecule has 5 heteroatoms. The van der Waals surface area contributed by atoms with Gasteiger partial charge in [-0.05, 0) is 85.2 Å². The molecule has 0 amide bonds. The Labute approximate surface area is 246 Å². The minimum Gasteiger partial charge on any atom is -0.369 e. The molecule has 5 nitrogen and oxygen atoms in total. The summed E-state index contributed by atoms with van der Waals surface area (Å²) >= 11 is 0. The highest BCUT2D eigenvalue weighted by molar-refractivity contribution is 5.89. The molecular formula is C36H45N5. The maximum atomic E-state index is 4.85. The topological polar surface area (TPSA) is 53.9 Å². The summed E-state index contributed by atoms with van der Waals surface area (Å²) in [6.07, 6.45) is 9.60.